The van der Waals surface area contributed by atoms with Crippen LogP contribution in [0, 0.1) is 12.8 Å². The second-order valence-corrected chi connectivity index (χ2v) is 6.50. The number of nitrogens with one attached hydrogen (secondary N) is 2. The van der Waals surface area contributed by atoms with E-state index in [4.69, 9.17) is 0 Å². The van der Waals surface area contributed by atoms with Gasteiger partial charge in [-0.3, -0.25) is 4.79 Å². The Morgan fingerprint density at radius 2 is 2.05 bits per heavy atom. The molecular weight excluding hydrogens is 342 g/mol. The number of aromatic nitrogens is 1. The first-order valence-corrected chi connectivity index (χ1v) is 8.02. The number of carbonyl (C=O) groups is 1. The minimum absolute atomic E-state index is 0.222. The molecule has 0 radical (unpaired) electrons. The van der Waals surface area contributed by atoms with Gasteiger partial charge in [0.1, 0.15) is 5.69 Å². The van der Waals surface area contributed by atoms with Crippen LogP contribution >= 0.6 is 15.9 Å². The maximum Gasteiger partial charge on any atom is 0.274 e. The van der Waals surface area contributed by atoms with E-state index in [0.29, 0.717) is 11.6 Å². The minimum atomic E-state index is -0.222. The number of carbonyl (C=O) groups excluding carboxylic acids is 1. The van der Waals surface area contributed by atoms with E-state index in [1.807, 2.05) is 31.2 Å². The van der Waals surface area contributed by atoms with Crippen molar-refractivity contribution in [2.75, 3.05) is 17.2 Å². The van der Waals surface area contributed by atoms with E-state index in [2.05, 4.69) is 45.4 Å². The zero-order chi connectivity index (χ0) is 16.1. The molecule has 0 fully saturated rings. The molecule has 2 rings (SSSR count). The van der Waals surface area contributed by atoms with Crippen LogP contribution in [0.3, 0.4) is 0 Å². The van der Waals surface area contributed by atoms with Crippen LogP contribution in [-0.2, 0) is 0 Å². The molecular formula is C17H20BrN3O. The summed E-state index contributed by atoms with van der Waals surface area (Å²) in [6, 6.07) is 9.37. The Bertz CT molecular complexity index is 653. The summed E-state index contributed by atoms with van der Waals surface area (Å²) < 4.78 is 0.857. The normalized spacial score (nSPS) is 10.6. The molecule has 0 saturated carbocycles. The summed E-state index contributed by atoms with van der Waals surface area (Å²) in [5, 5.41) is 6.13. The quantitative estimate of drug-likeness (QED) is 0.825. The standard InChI is InChI=1S/C17H20BrN3O/c1-11(2)9-19-13-5-7-16(20-10-13)17(22)21-15-6-4-12(3)8-14(15)18/h4-8,10-11,19H,9H2,1-3H3,(H,21,22). The number of benzene rings is 1. The highest BCUT2D eigenvalue weighted by atomic mass is 79.9. The topological polar surface area (TPSA) is 54.0 Å². The minimum Gasteiger partial charge on any atom is -0.384 e. The SMILES string of the molecule is Cc1ccc(NC(=O)c2ccc(NCC(C)C)cn2)c(Br)c1. The molecule has 1 aromatic carbocycles. The zero-order valence-electron chi connectivity index (χ0n) is 13.0. The van der Waals surface area contributed by atoms with Crippen molar-refractivity contribution >= 4 is 33.2 Å². The molecule has 4 nitrogen and oxygen atoms in total. The van der Waals surface area contributed by atoms with Gasteiger partial charge in [-0.15, -0.1) is 0 Å². The summed E-state index contributed by atoms with van der Waals surface area (Å²) in [6.45, 7) is 7.16. The number of hydrogen-bond donors (Lipinski definition) is 2. The van der Waals surface area contributed by atoms with Crippen molar-refractivity contribution < 1.29 is 4.79 Å². The first kappa shape index (κ1) is 16.5. The molecule has 0 aliphatic carbocycles. The highest BCUT2D eigenvalue weighted by molar-refractivity contribution is 9.10. The largest absolute Gasteiger partial charge is 0.384 e. The van der Waals surface area contributed by atoms with Crippen molar-refractivity contribution in [1.29, 1.82) is 0 Å². The van der Waals surface area contributed by atoms with Gasteiger partial charge >= 0.3 is 0 Å². The van der Waals surface area contributed by atoms with Gasteiger partial charge in [-0.25, -0.2) is 4.98 Å². The number of pyridine rings is 1. The molecule has 22 heavy (non-hydrogen) atoms. The second-order valence-electron chi connectivity index (χ2n) is 5.64. The lowest BCUT2D eigenvalue weighted by molar-refractivity contribution is 0.102. The van der Waals surface area contributed by atoms with Crippen LogP contribution in [0.15, 0.2) is 41.0 Å². The first-order chi connectivity index (χ1) is 10.5. The molecule has 1 aromatic heterocycles. The van der Waals surface area contributed by atoms with Crippen LogP contribution < -0.4 is 10.6 Å². The summed E-state index contributed by atoms with van der Waals surface area (Å²) in [4.78, 5) is 16.4. The summed E-state index contributed by atoms with van der Waals surface area (Å²) in [6.07, 6.45) is 1.68. The fraction of sp³-hybridized carbons (Fsp3) is 0.294. The average Bonchev–Trinajstić information content (AvgIpc) is 2.48. The molecule has 1 heterocycles. The molecule has 0 atom stereocenters. The zero-order valence-corrected chi connectivity index (χ0v) is 14.6. The Labute approximate surface area is 139 Å². The van der Waals surface area contributed by atoms with Gasteiger partial charge in [-0.1, -0.05) is 19.9 Å². The van der Waals surface area contributed by atoms with Crippen LogP contribution in [0.1, 0.15) is 29.9 Å². The lowest BCUT2D eigenvalue weighted by Gasteiger charge is -2.10. The number of halogens is 1. The van der Waals surface area contributed by atoms with Gasteiger partial charge in [0.25, 0.3) is 5.91 Å². The summed E-state index contributed by atoms with van der Waals surface area (Å²) in [5.41, 5.74) is 3.17. The number of hydrogen-bond acceptors (Lipinski definition) is 3. The molecule has 0 aliphatic heterocycles. The van der Waals surface area contributed by atoms with Crippen molar-refractivity contribution in [1.82, 2.24) is 4.98 Å². The Morgan fingerprint density at radius 1 is 1.27 bits per heavy atom. The van der Waals surface area contributed by atoms with Crippen molar-refractivity contribution in [2.45, 2.75) is 20.8 Å². The molecule has 1 amide bonds. The first-order valence-electron chi connectivity index (χ1n) is 7.23. The average molecular weight is 362 g/mol. The van der Waals surface area contributed by atoms with Gasteiger partial charge in [0.15, 0.2) is 0 Å². The van der Waals surface area contributed by atoms with Crippen molar-refractivity contribution in [3.8, 4) is 0 Å². The van der Waals surface area contributed by atoms with Crippen LogP contribution in [0.5, 0.6) is 0 Å². The van der Waals surface area contributed by atoms with Gasteiger partial charge < -0.3 is 10.6 Å². The molecule has 0 aliphatic rings. The van der Waals surface area contributed by atoms with Crippen LogP contribution in [0.4, 0.5) is 11.4 Å². The van der Waals surface area contributed by atoms with Gasteiger partial charge in [0.05, 0.1) is 17.6 Å². The molecule has 0 unspecified atom stereocenters. The van der Waals surface area contributed by atoms with Gasteiger partial charge in [0, 0.05) is 11.0 Å². The number of nitrogens with zero attached hydrogens (tertiary/aromatic N) is 1. The molecule has 0 saturated heterocycles. The summed E-state index contributed by atoms with van der Waals surface area (Å²) in [5.74, 6) is 0.335. The molecule has 5 heteroatoms. The summed E-state index contributed by atoms with van der Waals surface area (Å²) in [7, 11) is 0. The Balaban J connectivity index is 2.03. The van der Waals surface area contributed by atoms with E-state index >= 15 is 0 Å². The van der Waals surface area contributed by atoms with E-state index in [1.165, 1.54) is 0 Å². The Hall–Kier alpha value is -1.88. The van der Waals surface area contributed by atoms with Gasteiger partial charge in [-0.05, 0) is 58.6 Å². The van der Waals surface area contributed by atoms with Crippen LogP contribution in [0.2, 0.25) is 0 Å². The second kappa shape index (κ2) is 7.40. The van der Waals surface area contributed by atoms with Crippen molar-refractivity contribution in [2.24, 2.45) is 5.92 Å². The van der Waals surface area contributed by atoms with Crippen molar-refractivity contribution in [3.05, 3.63) is 52.3 Å². The molecule has 2 N–H and O–H groups in total. The third kappa shape index (κ3) is 4.56. The molecule has 0 spiro atoms. The highest BCUT2D eigenvalue weighted by Gasteiger charge is 2.09. The number of amides is 1. The van der Waals surface area contributed by atoms with E-state index in [9.17, 15) is 4.79 Å². The molecule has 2 aromatic rings. The van der Waals surface area contributed by atoms with Crippen LogP contribution in [0.25, 0.3) is 0 Å². The third-order valence-corrected chi connectivity index (χ3v) is 3.74. The molecule has 0 bridgehead atoms. The Morgan fingerprint density at radius 3 is 2.64 bits per heavy atom. The number of aryl methyl sites for hydroxylation is 1. The predicted molar refractivity (Wildman–Crippen MR) is 94.4 cm³/mol. The fourth-order valence-corrected chi connectivity index (χ4v) is 2.45. The van der Waals surface area contributed by atoms with Crippen molar-refractivity contribution in [3.63, 3.8) is 0 Å². The predicted octanol–water partition coefficient (Wildman–Crippen LogP) is 4.47. The van der Waals surface area contributed by atoms with E-state index < -0.39 is 0 Å². The van der Waals surface area contributed by atoms with E-state index in [0.717, 1.165) is 28.0 Å². The number of rotatable bonds is 5. The van der Waals surface area contributed by atoms with E-state index in [-0.39, 0.29) is 5.91 Å². The monoisotopic (exact) mass is 361 g/mol. The van der Waals surface area contributed by atoms with E-state index in [1.54, 1.807) is 12.3 Å². The Kier molecular flexibility index (Phi) is 5.55. The smallest absolute Gasteiger partial charge is 0.274 e. The summed E-state index contributed by atoms with van der Waals surface area (Å²) >= 11 is 3.45. The van der Waals surface area contributed by atoms with Gasteiger partial charge in [0.2, 0.25) is 0 Å². The number of anilines is 2. The van der Waals surface area contributed by atoms with Gasteiger partial charge in [-0.2, -0.15) is 0 Å². The maximum absolute atomic E-state index is 12.2. The van der Waals surface area contributed by atoms with Crippen LogP contribution in [-0.4, -0.2) is 17.4 Å². The highest BCUT2D eigenvalue weighted by Crippen LogP contribution is 2.23. The fourth-order valence-electron chi connectivity index (χ4n) is 1.86. The lowest BCUT2D eigenvalue weighted by atomic mass is 10.2. The lowest BCUT2D eigenvalue weighted by Crippen LogP contribution is -2.14. The maximum atomic E-state index is 12.2. The molecule has 116 valence electrons. The third-order valence-electron chi connectivity index (χ3n) is 3.08.